The summed E-state index contributed by atoms with van der Waals surface area (Å²) in [5, 5.41) is 6.44. The fourth-order valence-electron chi connectivity index (χ4n) is 3.50. The maximum absolute atomic E-state index is 13.5. The molecule has 1 aliphatic carbocycles. The zero-order valence-corrected chi connectivity index (χ0v) is 14.3. The second kappa shape index (κ2) is 7.67. The molecule has 0 unspecified atom stereocenters. The second-order valence-corrected chi connectivity index (χ2v) is 7.76. The summed E-state index contributed by atoms with van der Waals surface area (Å²) in [6.07, 6.45) is 4.29. The topological polar surface area (TPSA) is 41.1 Å². The van der Waals surface area contributed by atoms with Gasteiger partial charge in [-0.3, -0.25) is 4.79 Å². The Kier molecular flexibility index (Phi) is 5.59. The molecule has 1 spiro atoms. The number of rotatable bonds is 7. The van der Waals surface area contributed by atoms with Gasteiger partial charge in [0.25, 0.3) is 0 Å². The Balaban J connectivity index is 1.27. The van der Waals surface area contributed by atoms with Gasteiger partial charge in [0.15, 0.2) is 0 Å². The van der Waals surface area contributed by atoms with Gasteiger partial charge in [-0.15, -0.1) is 0 Å². The van der Waals surface area contributed by atoms with E-state index in [4.69, 9.17) is 0 Å². The number of benzene rings is 1. The van der Waals surface area contributed by atoms with Gasteiger partial charge in [-0.25, -0.2) is 4.39 Å². The normalized spacial score (nSPS) is 22.0. The maximum atomic E-state index is 13.5. The van der Waals surface area contributed by atoms with Crippen LogP contribution in [0.4, 0.5) is 4.39 Å². The van der Waals surface area contributed by atoms with E-state index >= 15 is 0 Å². The summed E-state index contributed by atoms with van der Waals surface area (Å²) >= 11 is 1.72. The lowest BCUT2D eigenvalue weighted by Crippen LogP contribution is -2.34. The molecule has 1 amide bonds. The van der Waals surface area contributed by atoms with E-state index in [1.165, 1.54) is 6.07 Å². The first-order valence-electron chi connectivity index (χ1n) is 8.51. The highest BCUT2D eigenvalue weighted by molar-refractivity contribution is 7.98. The summed E-state index contributed by atoms with van der Waals surface area (Å²) in [6.45, 7) is 2.83. The van der Waals surface area contributed by atoms with Crippen LogP contribution in [0.25, 0.3) is 0 Å². The van der Waals surface area contributed by atoms with Gasteiger partial charge in [-0.2, -0.15) is 11.8 Å². The first kappa shape index (κ1) is 16.8. The highest BCUT2D eigenvalue weighted by atomic mass is 32.2. The van der Waals surface area contributed by atoms with Crippen molar-refractivity contribution in [2.24, 2.45) is 11.3 Å². The van der Waals surface area contributed by atoms with E-state index < -0.39 is 0 Å². The fourth-order valence-corrected chi connectivity index (χ4v) is 4.45. The zero-order chi connectivity index (χ0) is 16.1. The van der Waals surface area contributed by atoms with Gasteiger partial charge in [0, 0.05) is 18.2 Å². The molecule has 0 bridgehead atoms. The van der Waals surface area contributed by atoms with Gasteiger partial charge in [-0.05, 0) is 61.6 Å². The van der Waals surface area contributed by atoms with E-state index in [1.54, 1.807) is 17.8 Å². The molecule has 3 rings (SSSR count). The second-order valence-electron chi connectivity index (χ2n) is 6.66. The molecule has 0 aromatic heterocycles. The Morgan fingerprint density at radius 3 is 2.91 bits per heavy atom. The average molecular weight is 336 g/mol. The lowest BCUT2D eigenvalue weighted by molar-refractivity contribution is -0.123. The number of halogens is 1. The van der Waals surface area contributed by atoms with Crippen molar-refractivity contribution in [3.63, 3.8) is 0 Å². The van der Waals surface area contributed by atoms with Crippen LogP contribution in [-0.2, 0) is 10.5 Å². The number of hydrogen-bond acceptors (Lipinski definition) is 3. The van der Waals surface area contributed by atoms with Crippen molar-refractivity contribution >= 4 is 17.7 Å². The molecule has 2 fully saturated rings. The van der Waals surface area contributed by atoms with Crippen LogP contribution in [-0.4, -0.2) is 31.3 Å². The van der Waals surface area contributed by atoms with Crippen LogP contribution >= 0.6 is 11.8 Å². The molecule has 1 saturated heterocycles. The molecule has 1 aromatic rings. The number of carbonyl (C=O) groups is 1. The first-order valence-corrected chi connectivity index (χ1v) is 9.66. The summed E-state index contributed by atoms with van der Waals surface area (Å²) in [7, 11) is 0. The van der Waals surface area contributed by atoms with Gasteiger partial charge in [0.1, 0.15) is 5.82 Å². The molecule has 23 heavy (non-hydrogen) atoms. The van der Waals surface area contributed by atoms with Gasteiger partial charge in [-0.1, -0.05) is 18.2 Å². The van der Waals surface area contributed by atoms with E-state index in [1.807, 2.05) is 12.1 Å². The Bertz CT molecular complexity index is 546. The van der Waals surface area contributed by atoms with Gasteiger partial charge in [0.05, 0.1) is 0 Å². The standard InChI is InChI=1S/C18H25FN2OS/c19-16-5-2-1-4-14(16)13-23-11-3-8-21-17(22)15-12-18(15)6-9-20-10-7-18/h1-2,4-5,15,20H,3,6-13H2,(H,21,22)/t15-/m1/s1. The highest BCUT2D eigenvalue weighted by Crippen LogP contribution is 2.58. The Hall–Kier alpha value is -1.07. The molecule has 1 aromatic carbocycles. The minimum absolute atomic E-state index is 0.130. The summed E-state index contributed by atoms with van der Waals surface area (Å²) < 4.78 is 13.5. The van der Waals surface area contributed by atoms with Crippen molar-refractivity contribution in [3.8, 4) is 0 Å². The van der Waals surface area contributed by atoms with E-state index in [9.17, 15) is 9.18 Å². The Morgan fingerprint density at radius 1 is 1.35 bits per heavy atom. The molecule has 1 aliphatic heterocycles. The van der Waals surface area contributed by atoms with Crippen LogP contribution in [0, 0.1) is 17.2 Å². The fraction of sp³-hybridized carbons (Fsp3) is 0.611. The molecule has 2 aliphatic rings. The molecular weight excluding hydrogens is 311 g/mol. The maximum Gasteiger partial charge on any atom is 0.223 e. The predicted molar refractivity (Wildman–Crippen MR) is 92.8 cm³/mol. The minimum Gasteiger partial charge on any atom is -0.356 e. The molecule has 1 atom stereocenters. The van der Waals surface area contributed by atoms with E-state index in [0.29, 0.717) is 11.2 Å². The summed E-state index contributed by atoms with van der Waals surface area (Å²) in [6, 6.07) is 6.91. The molecule has 3 nitrogen and oxygen atoms in total. The monoisotopic (exact) mass is 336 g/mol. The number of amides is 1. The summed E-state index contributed by atoms with van der Waals surface area (Å²) in [4.78, 5) is 12.2. The third-order valence-electron chi connectivity index (χ3n) is 5.09. The number of hydrogen-bond donors (Lipinski definition) is 2. The van der Waals surface area contributed by atoms with E-state index in [2.05, 4.69) is 10.6 Å². The van der Waals surface area contributed by atoms with Crippen molar-refractivity contribution in [2.45, 2.75) is 31.4 Å². The smallest absolute Gasteiger partial charge is 0.223 e. The van der Waals surface area contributed by atoms with Gasteiger partial charge in [0.2, 0.25) is 5.91 Å². The van der Waals surface area contributed by atoms with Crippen molar-refractivity contribution in [1.29, 1.82) is 0 Å². The molecule has 0 radical (unpaired) electrons. The SMILES string of the molecule is O=C(NCCCSCc1ccccc1F)[C@H]1CC12CCNCC2. The largest absolute Gasteiger partial charge is 0.356 e. The predicted octanol–water partition coefficient (Wildman–Crippen LogP) is 2.95. The Labute approximate surface area is 141 Å². The highest BCUT2D eigenvalue weighted by Gasteiger charge is 2.57. The molecule has 126 valence electrons. The van der Waals surface area contributed by atoms with Gasteiger partial charge < -0.3 is 10.6 Å². The van der Waals surface area contributed by atoms with E-state index in [0.717, 1.165) is 56.6 Å². The Morgan fingerprint density at radius 2 is 2.13 bits per heavy atom. The van der Waals surface area contributed by atoms with Crippen molar-refractivity contribution in [2.75, 3.05) is 25.4 Å². The van der Waals surface area contributed by atoms with Crippen molar-refractivity contribution < 1.29 is 9.18 Å². The summed E-state index contributed by atoms with van der Waals surface area (Å²) in [5.74, 6) is 1.99. The third-order valence-corrected chi connectivity index (χ3v) is 6.18. The molecule has 2 N–H and O–H groups in total. The third kappa shape index (κ3) is 4.27. The van der Waals surface area contributed by atoms with Crippen molar-refractivity contribution in [3.05, 3.63) is 35.6 Å². The summed E-state index contributed by atoms with van der Waals surface area (Å²) in [5.41, 5.74) is 1.07. The quantitative estimate of drug-likeness (QED) is 0.752. The number of piperidine rings is 1. The van der Waals surface area contributed by atoms with Crippen LogP contribution in [0.3, 0.4) is 0 Å². The van der Waals surface area contributed by atoms with Crippen LogP contribution < -0.4 is 10.6 Å². The minimum atomic E-state index is -0.130. The van der Waals surface area contributed by atoms with E-state index in [-0.39, 0.29) is 17.6 Å². The number of thioether (sulfide) groups is 1. The lowest BCUT2D eigenvalue weighted by atomic mass is 9.92. The zero-order valence-electron chi connectivity index (χ0n) is 13.4. The average Bonchev–Trinajstić information content (AvgIpc) is 3.26. The molecular formula is C18H25FN2OS. The van der Waals surface area contributed by atoms with Crippen molar-refractivity contribution in [1.82, 2.24) is 10.6 Å². The first-order chi connectivity index (χ1) is 11.2. The number of nitrogens with one attached hydrogen (secondary N) is 2. The number of carbonyl (C=O) groups excluding carboxylic acids is 1. The van der Waals surface area contributed by atoms with Crippen LogP contribution in [0.2, 0.25) is 0 Å². The molecule has 1 heterocycles. The van der Waals surface area contributed by atoms with Crippen LogP contribution in [0.15, 0.2) is 24.3 Å². The van der Waals surface area contributed by atoms with Crippen LogP contribution in [0.5, 0.6) is 0 Å². The van der Waals surface area contributed by atoms with Gasteiger partial charge >= 0.3 is 0 Å². The molecule has 1 saturated carbocycles. The van der Waals surface area contributed by atoms with Crippen LogP contribution in [0.1, 0.15) is 31.2 Å². The molecule has 5 heteroatoms. The lowest BCUT2D eigenvalue weighted by Gasteiger charge is -2.23.